The molecule has 0 heterocycles. The van der Waals surface area contributed by atoms with E-state index in [1.165, 1.54) is 6.07 Å². The molecule has 6 nitrogen and oxygen atoms in total. The zero-order valence-corrected chi connectivity index (χ0v) is 11.3. The van der Waals surface area contributed by atoms with E-state index in [0.29, 0.717) is 5.56 Å². The lowest BCUT2D eigenvalue weighted by Gasteiger charge is -2.22. The highest BCUT2D eigenvalue weighted by atomic mass is 16.6. The monoisotopic (exact) mass is 266 g/mol. The molecular weight excluding hydrogens is 248 g/mol. The summed E-state index contributed by atoms with van der Waals surface area (Å²) in [6.07, 6.45) is 0.0755. The number of nitro benzene ring substituents is 1. The average Bonchev–Trinajstić information content (AvgIpc) is 2.27. The fourth-order valence-corrected chi connectivity index (χ4v) is 1.56. The molecule has 0 saturated heterocycles. The van der Waals surface area contributed by atoms with Crippen LogP contribution in [0.4, 0.5) is 5.69 Å². The fourth-order valence-electron chi connectivity index (χ4n) is 1.56. The molecular formula is C13H18N2O4. The van der Waals surface area contributed by atoms with E-state index >= 15 is 0 Å². The minimum Gasteiger partial charge on any atom is -0.459 e. The second-order valence-corrected chi connectivity index (χ2v) is 5.23. The maximum absolute atomic E-state index is 11.7. The Bertz CT molecular complexity index is 480. The summed E-state index contributed by atoms with van der Waals surface area (Å²) in [6.45, 7) is 5.22. The van der Waals surface area contributed by atoms with Crippen molar-refractivity contribution < 1.29 is 14.5 Å². The molecule has 0 aliphatic heterocycles. The second-order valence-electron chi connectivity index (χ2n) is 5.23. The molecule has 1 atom stereocenters. The highest BCUT2D eigenvalue weighted by Crippen LogP contribution is 2.19. The molecule has 1 aromatic rings. The van der Waals surface area contributed by atoms with Crippen LogP contribution in [0.3, 0.4) is 0 Å². The van der Waals surface area contributed by atoms with Gasteiger partial charge >= 0.3 is 5.97 Å². The van der Waals surface area contributed by atoms with Gasteiger partial charge in [-0.2, -0.15) is 0 Å². The van der Waals surface area contributed by atoms with Gasteiger partial charge in [-0.3, -0.25) is 14.9 Å². The van der Waals surface area contributed by atoms with Gasteiger partial charge in [0.2, 0.25) is 0 Å². The van der Waals surface area contributed by atoms with Crippen LogP contribution in [0.5, 0.6) is 0 Å². The number of carbonyl (C=O) groups is 1. The molecule has 0 spiro atoms. The minimum absolute atomic E-state index is 0.0403. The Labute approximate surface area is 111 Å². The Kier molecular flexibility index (Phi) is 4.61. The molecule has 2 N–H and O–H groups in total. The molecule has 104 valence electrons. The van der Waals surface area contributed by atoms with E-state index in [1.54, 1.807) is 39.0 Å². The van der Waals surface area contributed by atoms with Crippen molar-refractivity contribution >= 4 is 11.7 Å². The number of nitrogens with two attached hydrogens (primary N) is 1. The van der Waals surface area contributed by atoms with E-state index in [-0.39, 0.29) is 12.1 Å². The van der Waals surface area contributed by atoms with Crippen LogP contribution in [-0.4, -0.2) is 22.5 Å². The van der Waals surface area contributed by atoms with Crippen molar-refractivity contribution in [1.29, 1.82) is 0 Å². The highest BCUT2D eigenvalue weighted by molar-refractivity contribution is 5.76. The number of esters is 1. The average molecular weight is 266 g/mol. The smallest absolute Gasteiger partial charge is 0.323 e. The van der Waals surface area contributed by atoms with Crippen molar-refractivity contribution in [3.05, 3.63) is 39.9 Å². The van der Waals surface area contributed by atoms with Crippen molar-refractivity contribution in [3.8, 4) is 0 Å². The van der Waals surface area contributed by atoms with E-state index in [1.807, 2.05) is 0 Å². The van der Waals surface area contributed by atoms with Crippen LogP contribution in [0.25, 0.3) is 0 Å². The molecule has 0 radical (unpaired) electrons. The summed E-state index contributed by atoms with van der Waals surface area (Å²) in [5, 5.41) is 10.9. The Morgan fingerprint density at radius 3 is 2.53 bits per heavy atom. The van der Waals surface area contributed by atoms with Gasteiger partial charge in [0.15, 0.2) is 0 Å². The molecule has 1 aromatic carbocycles. The lowest BCUT2D eigenvalue weighted by atomic mass is 10.0. The minimum atomic E-state index is -0.916. The Hall–Kier alpha value is -1.95. The number of nitrogens with zero attached hydrogens (tertiary/aromatic N) is 1. The van der Waals surface area contributed by atoms with E-state index in [0.717, 1.165) is 0 Å². The quantitative estimate of drug-likeness (QED) is 0.509. The van der Waals surface area contributed by atoms with Crippen LogP contribution in [0.15, 0.2) is 24.3 Å². The van der Waals surface area contributed by atoms with Crippen molar-refractivity contribution in [2.45, 2.75) is 38.8 Å². The largest absolute Gasteiger partial charge is 0.459 e. The molecule has 1 rings (SSSR count). The van der Waals surface area contributed by atoms with Gasteiger partial charge in [-0.1, -0.05) is 18.2 Å². The molecule has 0 aliphatic rings. The molecule has 0 fully saturated rings. The number of benzene rings is 1. The zero-order chi connectivity index (χ0) is 14.6. The molecule has 19 heavy (non-hydrogen) atoms. The Morgan fingerprint density at radius 1 is 1.42 bits per heavy atom. The Morgan fingerprint density at radius 2 is 2.00 bits per heavy atom. The number of rotatable bonds is 4. The van der Waals surface area contributed by atoms with Crippen LogP contribution in [0.2, 0.25) is 0 Å². The van der Waals surface area contributed by atoms with E-state index < -0.39 is 22.5 Å². The van der Waals surface area contributed by atoms with Crippen molar-refractivity contribution in [1.82, 2.24) is 0 Å². The second kappa shape index (κ2) is 5.79. The van der Waals surface area contributed by atoms with Crippen molar-refractivity contribution in [2.24, 2.45) is 5.73 Å². The zero-order valence-electron chi connectivity index (χ0n) is 11.3. The van der Waals surface area contributed by atoms with Gasteiger partial charge in [0.05, 0.1) is 4.92 Å². The van der Waals surface area contributed by atoms with Gasteiger partial charge in [-0.05, 0) is 20.8 Å². The van der Waals surface area contributed by atoms with Gasteiger partial charge < -0.3 is 10.5 Å². The number of hydrogen-bond acceptors (Lipinski definition) is 5. The topological polar surface area (TPSA) is 95.5 Å². The van der Waals surface area contributed by atoms with Gasteiger partial charge in [-0.25, -0.2) is 0 Å². The summed E-state index contributed by atoms with van der Waals surface area (Å²) >= 11 is 0. The first-order valence-electron chi connectivity index (χ1n) is 5.91. The normalized spacial score (nSPS) is 12.8. The number of para-hydroxylation sites is 1. The molecule has 0 amide bonds. The fraction of sp³-hybridized carbons (Fsp3) is 0.462. The summed E-state index contributed by atoms with van der Waals surface area (Å²) in [7, 11) is 0. The third-order valence-electron chi connectivity index (χ3n) is 2.34. The third-order valence-corrected chi connectivity index (χ3v) is 2.34. The predicted molar refractivity (Wildman–Crippen MR) is 70.6 cm³/mol. The van der Waals surface area contributed by atoms with Gasteiger partial charge in [0.1, 0.15) is 11.6 Å². The van der Waals surface area contributed by atoms with E-state index in [4.69, 9.17) is 10.5 Å². The van der Waals surface area contributed by atoms with Gasteiger partial charge in [0, 0.05) is 18.1 Å². The number of carbonyl (C=O) groups excluding carboxylic acids is 1. The van der Waals surface area contributed by atoms with Crippen molar-refractivity contribution in [3.63, 3.8) is 0 Å². The molecule has 0 unspecified atom stereocenters. The molecule has 0 saturated carbocycles. The lowest BCUT2D eigenvalue weighted by molar-refractivity contribution is -0.385. The summed E-state index contributed by atoms with van der Waals surface area (Å²) in [4.78, 5) is 22.1. The van der Waals surface area contributed by atoms with E-state index in [9.17, 15) is 14.9 Å². The van der Waals surface area contributed by atoms with Crippen LogP contribution < -0.4 is 5.73 Å². The first-order valence-corrected chi connectivity index (χ1v) is 5.91. The van der Waals surface area contributed by atoms with E-state index in [2.05, 4.69) is 0 Å². The first kappa shape index (κ1) is 15.1. The maximum Gasteiger partial charge on any atom is 0.323 e. The lowest BCUT2D eigenvalue weighted by Crippen LogP contribution is -2.38. The Balaban J connectivity index is 2.80. The SMILES string of the molecule is CC(C)(C)OC(=O)[C@@H](N)Cc1ccccc1[N+](=O)[O-]. The van der Waals surface area contributed by atoms with Crippen LogP contribution in [-0.2, 0) is 16.0 Å². The maximum atomic E-state index is 11.7. The molecule has 0 aliphatic carbocycles. The van der Waals surface area contributed by atoms with Crippen LogP contribution in [0, 0.1) is 10.1 Å². The highest BCUT2D eigenvalue weighted by Gasteiger charge is 2.24. The van der Waals surface area contributed by atoms with Gasteiger partial charge in [0.25, 0.3) is 5.69 Å². The third kappa shape index (κ3) is 4.67. The predicted octanol–water partition coefficient (Wildman–Crippen LogP) is 1.81. The van der Waals surface area contributed by atoms with Crippen LogP contribution >= 0.6 is 0 Å². The first-order chi connectivity index (χ1) is 8.70. The van der Waals surface area contributed by atoms with Gasteiger partial charge in [-0.15, -0.1) is 0 Å². The summed E-state index contributed by atoms with van der Waals surface area (Å²) in [6, 6.07) is 5.30. The standard InChI is InChI=1S/C13H18N2O4/c1-13(2,3)19-12(16)10(14)8-9-6-4-5-7-11(9)15(17)18/h4-7,10H,8,14H2,1-3H3/t10-/m0/s1. The summed E-state index contributed by atoms with van der Waals surface area (Å²) in [5.74, 6) is -0.564. The number of nitro groups is 1. The molecule has 0 bridgehead atoms. The summed E-state index contributed by atoms with van der Waals surface area (Å²) < 4.78 is 5.14. The number of ether oxygens (including phenoxy) is 1. The molecule has 0 aromatic heterocycles. The summed E-state index contributed by atoms with van der Waals surface area (Å²) in [5.41, 5.74) is 5.48. The van der Waals surface area contributed by atoms with Crippen LogP contribution in [0.1, 0.15) is 26.3 Å². The number of hydrogen-bond donors (Lipinski definition) is 1. The molecule has 6 heteroatoms. The van der Waals surface area contributed by atoms with Crippen molar-refractivity contribution in [2.75, 3.05) is 0 Å².